The van der Waals surface area contributed by atoms with Crippen LogP contribution in [0.1, 0.15) is 0 Å². The summed E-state index contributed by atoms with van der Waals surface area (Å²) in [5.41, 5.74) is -1.04. The van der Waals surface area contributed by atoms with Crippen LogP contribution < -0.4 is 10.6 Å². The minimum atomic E-state index is -1.04. The molecule has 0 aromatic rings. The molecular weight excluding hydrogens is 248 g/mol. The molecule has 1 fully saturated rings. The van der Waals surface area contributed by atoms with E-state index >= 15 is 0 Å². The molecule has 2 heterocycles. The van der Waals surface area contributed by atoms with Crippen molar-refractivity contribution in [1.29, 1.82) is 0 Å². The SMILES string of the molecule is OC1(C2COCCN2)C=CC(Br)=CN1. The van der Waals surface area contributed by atoms with Gasteiger partial charge in [0.2, 0.25) is 0 Å². The van der Waals surface area contributed by atoms with Crippen molar-refractivity contribution >= 4 is 15.9 Å². The predicted molar refractivity (Wildman–Crippen MR) is 56.8 cm³/mol. The van der Waals surface area contributed by atoms with Gasteiger partial charge in [0.25, 0.3) is 0 Å². The van der Waals surface area contributed by atoms with Gasteiger partial charge in [-0.25, -0.2) is 0 Å². The first-order chi connectivity index (χ1) is 6.71. The molecule has 2 aliphatic rings. The average Bonchev–Trinajstić information content (AvgIpc) is 2.24. The third-order valence-corrected chi connectivity index (χ3v) is 2.88. The highest BCUT2D eigenvalue weighted by molar-refractivity contribution is 9.11. The lowest BCUT2D eigenvalue weighted by molar-refractivity contribution is -0.0345. The van der Waals surface area contributed by atoms with Crippen molar-refractivity contribution in [3.05, 3.63) is 22.8 Å². The number of morpholine rings is 1. The van der Waals surface area contributed by atoms with Crippen molar-refractivity contribution in [3.8, 4) is 0 Å². The van der Waals surface area contributed by atoms with E-state index in [1.807, 2.05) is 6.08 Å². The number of hydrogen-bond donors (Lipinski definition) is 3. The molecular formula is C9H13BrN2O2. The van der Waals surface area contributed by atoms with Gasteiger partial charge in [0.05, 0.1) is 19.3 Å². The Hall–Kier alpha value is -0.360. The van der Waals surface area contributed by atoms with E-state index in [0.717, 1.165) is 11.0 Å². The second kappa shape index (κ2) is 4.02. The van der Waals surface area contributed by atoms with Crippen molar-refractivity contribution in [2.24, 2.45) is 0 Å². The van der Waals surface area contributed by atoms with Crippen LogP contribution in [-0.4, -0.2) is 36.6 Å². The molecule has 2 atom stereocenters. The molecule has 14 heavy (non-hydrogen) atoms. The van der Waals surface area contributed by atoms with Crippen LogP contribution in [0.3, 0.4) is 0 Å². The number of hydrogen-bond acceptors (Lipinski definition) is 4. The van der Waals surface area contributed by atoms with Gasteiger partial charge in [0.1, 0.15) is 0 Å². The average molecular weight is 261 g/mol. The molecule has 5 heteroatoms. The maximum absolute atomic E-state index is 10.2. The summed E-state index contributed by atoms with van der Waals surface area (Å²) < 4.78 is 6.21. The lowest BCUT2D eigenvalue weighted by Gasteiger charge is -2.38. The molecule has 0 amide bonds. The zero-order valence-electron chi connectivity index (χ0n) is 7.66. The molecule has 0 saturated carbocycles. The minimum absolute atomic E-state index is 0.107. The first kappa shape index (κ1) is 10.2. The third kappa shape index (κ3) is 2.00. The fourth-order valence-corrected chi connectivity index (χ4v) is 1.80. The normalized spacial score (nSPS) is 37.6. The molecule has 3 N–H and O–H groups in total. The summed E-state index contributed by atoms with van der Waals surface area (Å²) >= 11 is 3.31. The summed E-state index contributed by atoms with van der Waals surface area (Å²) in [4.78, 5) is 0. The van der Waals surface area contributed by atoms with Crippen LogP contribution in [0.15, 0.2) is 22.8 Å². The van der Waals surface area contributed by atoms with E-state index in [1.54, 1.807) is 12.3 Å². The number of dihydropyridines is 1. The van der Waals surface area contributed by atoms with Crippen molar-refractivity contribution in [2.75, 3.05) is 19.8 Å². The maximum atomic E-state index is 10.2. The molecule has 78 valence electrons. The Morgan fingerprint density at radius 1 is 1.64 bits per heavy atom. The second-order valence-electron chi connectivity index (χ2n) is 3.41. The predicted octanol–water partition coefficient (Wildman–Crippen LogP) is 0.0591. The van der Waals surface area contributed by atoms with Crippen molar-refractivity contribution in [1.82, 2.24) is 10.6 Å². The monoisotopic (exact) mass is 260 g/mol. The Kier molecular flexibility index (Phi) is 2.92. The van der Waals surface area contributed by atoms with E-state index in [2.05, 4.69) is 26.6 Å². The Morgan fingerprint density at radius 2 is 2.50 bits per heavy atom. The summed E-state index contributed by atoms with van der Waals surface area (Å²) in [5, 5.41) is 16.4. The van der Waals surface area contributed by atoms with Gasteiger partial charge in [-0.05, 0) is 28.1 Å². The summed E-state index contributed by atoms with van der Waals surface area (Å²) in [6, 6.07) is -0.107. The van der Waals surface area contributed by atoms with Gasteiger partial charge >= 0.3 is 0 Å². The minimum Gasteiger partial charge on any atom is -0.378 e. The van der Waals surface area contributed by atoms with Gasteiger partial charge in [-0.3, -0.25) is 0 Å². The van der Waals surface area contributed by atoms with Crippen LogP contribution in [0.5, 0.6) is 0 Å². The molecule has 4 nitrogen and oxygen atoms in total. The van der Waals surface area contributed by atoms with Crippen molar-refractivity contribution in [3.63, 3.8) is 0 Å². The van der Waals surface area contributed by atoms with E-state index in [-0.39, 0.29) is 6.04 Å². The van der Waals surface area contributed by atoms with Crippen molar-refractivity contribution < 1.29 is 9.84 Å². The first-order valence-electron chi connectivity index (χ1n) is 4.57. The highest BCUT2D eigenvalue weighted by Gasteiger charge is 2.35. The van der Waals surface area contributed by atoms with E-state index in [9.17, 15) is 5.11 Å². The fourth-order valence-electron chi connectivity index (χ4n) is 1.55. The van der Waals surface area contributed by atoms with Crippen LogP contribution in [0, 0.1) is 0 Å². The summed E-state index contributed by atoms with van der Waals surface area (Å²) in [5.74, 6) is 0. The molecule has 2 unspecified atom stereocenters. The summed E-state index contributed by atoms with van der Waals surface area (Å²) in [6.45, 7) is 1.99. The first-order valence-corrected chi connectivity index (χ1v) is 5.36. The van der Waals surface area contributed by atoms with Crippen LogP contribution in [0.4, 0.5) is 0 Å². The van der Waals surface area contributed by atoms with E-state index in [4.69, 9.17) is 4.74 Å². The smallest absolute Gasteiger partial charge is 0.172 e. The van der Waals surface area contributed by atoms with Crippen LogP contribution in [0.25, 0.3) is 0 Å². The van der Waals surface area contributed by atoms with Crippen LogP contribution >= 0.6 is 15.9 Å². The van der Waals surface area contributed by atoms with Gasteiger partial charge in [-0.2, -0.15) is 0 Å². The fraction of sp³-hybridized carbons (Fsp3) is 0.556. The highest BCUT2D eigenvalue weighted by atomic mass is 79.9. The molecule has 0 aliphatic carbocycles. The standard InChI is InChI=1S/C9H13BrN2O2/c10-7-1-2-9(13,12-5-7)8-6-14-4-3-11-8/h1-2,5,8,11-13H,3-4,6H2. The van der Waals surface area contributed by atoms with Crippen molar-refractivity contribution in [2.45, 2.75) is 11.8 Å². The molecule has 0 bridgehead atoms. The Balaban J connectivity index is 2.05. The summed E-state index contributed by atoms with van der Waals surface area (Å²) in [6.07, 6.45) is 5.28. The van der Waals surface area contributed by atoms with E-state index in [1.165, 1.54) is 0 Å². The number of allylic oxidation sites excluding steroid dienone is 2. The quantitative estimate of drug-likeness (QED) is 0.624. The third-order valence-electron chi connectivity index (χ3n) is 2.39. The molecule has 2 aliphatic heterocycles. The van der Waals surface area contributed by atoms with Gasteiger partial charge in [-0.15, -0.1) is 0 Å². The molecule has 1 saturated heterocycles. The number of rotatable bonds is 1. The van der Waals surface area contributed by atoms with Gasteiger partial charge in [-0.1, -0.05) is 0 Å². The van der Waals surface area contributed by atoms with E-state index < -0.39 is 5.72 Å². The number of halogens is 1. The molecule has 0 spiro atoms. The number of nitrogens with one attached hydrogen (secondary N) is 2. The zero-order valence-corrected chi connectivity index (χ0v) is 9.25. The highest BCUT2D eigenvalue weighted by Crippen LogP contribution is 2.19. The number of aliphatic hydroxyl groups is 1. The Morgan fingerprint density at radius 3 is 3.07 bits per heavy atom. The van der Waals surface area contributed by atoms with Crippen LogP contribution in [0.2, 0.25) is 0 Å². The topological polar surface area (TPSA) is 53.5 Å². The van der Waals surface area contributed by atoms with Crippen LogP contribution in [-0.2, 0) is 4.74 Å². The molecule has 0 radical (unpaired) electrons. The lowest BCUT2D eigenvalue weighted by atomic mass is 10.0. The van der Waals surface area contributed by atoms with Gasteiger partial charge in [0, 0.05) is 17.2 Å². The maximum Gasteiger partial charge on any atom is 0.172 e. The Labute approximate surface area is 91.1 Å². The number of ether oxygens (including phenoxy) is 1. The zero-order chi connectivity index (χ0) is 10.0. The molecule has 0 aromatic heterocycles. The Bertz CT molecular complexity index is 274. The molecule has 2 rings (SSSR count). The second-order valence-corrected chi connectivity index (χ2v) is 4.33. The summed E-state index contributed by atoms with van der Waals surface area (Å²) in [7, 11) is 0. The van der Waals surface area contributed by atoms with Gasteiger partial charge in [0.15, 0.2) is 5.72 Å². The molecule has 0 aromatic carbocycles. The largest absolute Gasteiger partial charge is 0.378 e. The van der Waals surface area contributed by atoms with Gasteiger partial charge < -0.3 is 20.5 Å². The van der Waals surface area contributed by atoms with E-state index in [0.29, 0.717) is 13.2 Å². The lowest BCUT2D eigenvalue weighted by Crippen LogP contribution is -2.62.